The smallest absolute Gasteiger partial charge is 0.295 e. The number of alkyl halides is 3. The monoisotopic (exact) mass is 390 g/mol. The SMILES string of the molecule is O=C(Nc1nc2ccccc2s1)c1nnn(-c2ccc(C(F)(F)F)cc2)n1. The van der Waals surface area contributed by atoms with Gasteiger partial charge in [-0.05, 0) is 41.6 Å². The summed E-state index contributed by atoms with van der Waals surface area (Å²) in [5.74, 6) is -0.846. The molecule has 0 aliphatic heterocycles. The van der Waals surface area contributed by atoms with E-state index in [9.17, 15) is 18.0 Å². The summed E-state index contributed by atoms with van der Waals surface area (Å²) in [7, 11) is 0. The average molecular weight is 390 g/mol. The van der Waals surface area contributed by atoms with Crippen LogP contribution in [0.2, 0.25) is 0 Å². The highest BCUT2D eigenvalue weighted by Crippen LogP contribution is 2.29. The number of tetrazole rings is 1. The van der Waals surface area contributed by atoms with Gasteiger partial charge < -0.3 is 0 Å². The first-order valence-corrected chi connectivity index (χ1v) is 8.36. The van der Waals surface area contributed by atoms with Crippen LogP contribution in [0.15, 0.2) is 48.5 Å². The van der Waals surface area contributed by atoms with Crippen molar-refractivity contribution in [3.05, 3.63) is 59.9 Å². The fourth-order valence-electron chi connectivity index (χ4n) is 2.28. The third kappa shape index (κ3) is 3.49. The Kier molecular flexibility index (Phi) is 4.07. The number of carbonyl (C=O) groups excluding carboxylic acids is 1. The Morgan fingerprint density at radius 1 is 1.07 bits per heavy atom. The molecule has 0 bridgehead atoms. The van der Waals surface area contributed by atoms with E-state index >= 15 is 0 Å². The maximum absolute atomic E-state index is 12.6. The third-order valence-electron chi connectivity index (χ3n) is 3.56. The zero-order valence-electron chi connectivity index (χ0n) is 13.3. The first kappa shape index (κ1) is 17.1. The van der Waals surface area contributed by atoms with E-state index in [-0.39, 0.29) is 11.5 Å². The number of rotatable bonds is 3. The lowest BCUT2D eigenvalue weighted by atomic mass is 10.2. The Morgan fingerprint density at radius 2 is 1.81 bits per heavy atom. The van der Waals surface area contributed by atoms with E-state index in [4.69, 9.17) is 0 Å². The number of hydrogen-bond donors (Lipinski definition) is 1. The van der Waals surface area contributed by atoms with Gasteiger partial charge in [-0.2, -0.15) is 13.2 Å². The first-order valence-electron chi connectivity index (χ1n) is 7.55. The van der Waals surface area contributed by atoms with Crippen LogP contribution in [0.4, 0.5) is 18.3 Å². The molecule has 4 aromatic rings. The summed E-state index contributed by atoms with van der Waals surface area (Å²) >= 11 is 1.29. The van der Waals surface area contributed by atoms with E-state index in [1.54, 1.807) is 0 Å². The molecule has 0 fully saturated rings. The van der Waals surface area contributed by atoms with Crippen LogP contribution >= 0.6 is 11.3 Å². The van der Waals surface area contributed by atoms with Crippen molar-refractivity contribution >= 4 is 32.6 Å². The number of amides is 1. The quantitative estimate of drug-likeness (QED) is 0.578. The topological polar surface area (TPSA) is 85.6 Å². The van der Waals surface area contributed by atoms with Gasteiger partial charge in [0.25, 0.3) is 11.7 Å². The van der Waals surface area contributed by atoms with Gasteiger partial charge >= 0.3 is 6.18 Å². The standard InChI is InChI=1S/C16H9F3N6OS/c17-16(18,19)9-5-7-10(8-6-9)25-23-13(22-24-25)14(26)21-15-20-11-3-1-2-4-12(11)27-15/h1-8H,(H,20,21,26). The zero-order valence-corrected chi connectivity index (χ0v) is 14.1. The summed E-state index contributed by atoms with van der Waals surface area (Å²) in [6.07, 6.45) is -4.43. The summed E-state index contributed by atoms with van der Waals surface area (Å²) in [5, 5.41) is 14.2. The molecule has 0 spiro atoms. The number of fused-ring (bicyclic) bond motifs is 1. The minimum atomic E-state index is -4.43. The Labute approximate surface area is 153 Å². The van der Waals surface area contributed by atoms with Crippen molar-refractivity contribution in [1.29, 1.82) is 0 Å². The predicted octanol–water partition coefficient (Wildman–Crippen LogP) is 3.54. The Balaban J connectivity index is 1.52. The molecule has 27 heavy (non-hydrogen) atoms. The lowest BCUT2D eigenvalue weighted by molar-refractivity contribution is -0.137. The van der Waals surface area contributed by atoms with Crippen molar-refractivity contribution in [2.75, 3.05) is 5.32 Å². The normalized spacial score (nSPS) is 11.7. The van der Waals surface area contributed by atoms with E-state index in [1.807, 2.05) is 24.3 Å². The molecule has 0 unspecified atom stereocenters. The van der Waals surface area contributed by atoms with Gasteiger partial charge in [0.15, 0.2) is 5.13 Å². The second kappa shape index (κ2) is 6.43. The number of thiazole rings is 1. The number of para-hydroxylation sites is 1. The van der Waals surface area contributed by atoms with Crippen LogP contribution in [0.5, 0.6) is 0 Å². The lowest BCUT2D eigenvalue weighted by Gasteiger charge is -2.06. The van der Waals surface area contributed by atoms with Crippen LogP contribution in [-0.4, -0.2) is 31.1 Å². The Hall–Kier alpha value is -3.34. The highest BCUT2D eigenvalue weighted by molar-refractivity contribution is 7.22. The number of anilines is 1. The Morgan fingerprint density at radius 3 is 2.52 bits per heavy atom. The molecule has 0 aliphatic carbocycles. The van der Waals surface area contributed by atoms with Gasteiger partial charge in [-0.3, -0.25) is 10.1 Å². The minimum Gasteiger partial charge on any atom is -0.295 e. The number of halogens is 3. The molecule has 0 radical (unpaired) electrons. The maximum atomic E-state index is 12.6. The number of aromatic nitrogens is 5. The molecule has 4 rings (SSSR count). The maximum Gasteiger partial charge on any atom is 0.416 e. The molecular formula is C16H9F3N6OS. The fraction of sp³-hybridized carbons (Fsp3) is 0.0625. The van der Waals surface area contributed by atoms with Crippen LogP contribution in [0.25, 0.3) is 15.9 Å². The third-order valence-corrected chi connectivity index (χ3v) is 4.51. The van der Waals surface area contributed by atoms with Crippen molar-refractivity contribution in [2.24, 2.45) is 0 Å². The van der Waals surface area contributed by atoms with Crippen molar-refractivity contribution in [2.45, 2.75) is 6.18 Å². The van der Waals surface area contributed by atoms with Gasteiger partial charge in [0.2, 0.25) is 0 Å². The molecule has 0 saturated heterocycles. The van der Waals surface area contributed by atoms with Gasteiger partial charge in [-0.25, -0.2) is 4.98 Å². The number of nitrogens with zero attached hydrogens (tertiary/aromatic N) is 5. The predicted molar refractivity (Wildman–Crippen MR) is 91.7 cm³/mol. The minimum absolute atomic E-state index is 0.228. The summed E-state index contributed by atoms with van der Waals surface area (Å²) in [4.78, 5) is 17.5. The average Bonchev–Trinajstić information content (AvgIpc) is 3.27. The van der Waals surface area contributed by atoms with E-state index in [2.05, 4.69) is 25.7 Å². The highest BCUT2D eigenvalue weighted by Gasteiger charge is 2.30. The van der Waals surface area contributed by atoms with Crippen LogP contribution in [0.1, 0.15) is 16.2 Å². The largest absolute Gasteiger partial charge is 0.416 e. The number of benzene rings is 2. The molecule has 2 aromatic carbocycles. The van der Waals surface area contributed by atoms with Crippen LogP contribution < -0.4 is 5.32 Å². The molecule has 1 amide bonds. The van der Waals surface area contributed by atoms with Gasteiger partial charge in [0, 0.05) is 0 Å². The number of carbonyl (C=O) groups is 1. The van der Waals surface area contributed by atoms with Gasteiger partial charge in [-0.1, -0.05) is 23.5 Å². The summed E-state index contributed by atoms with van der Waals surface area (Å²) in [5.41, 5.74) is 0.203. The van der Waals surface area contributed by atoms with Gasteiger partial charge in [-0.15, -0.1) is 15.0 Å². The van der Waals surface area contributed by atoms with Gasteiger partial charge in [0.1, 0.15) is 0 Å². The van der Waals surface area contributed by atoms with Crippen molar-refractivity contribution in [1.82, 2.24) is 25.2 Å². The molecule has 0 saturated carbocycles. The highest BCUT2D eigenvalue weighted by atomic mass is 32.1. The van der Waals surface area contributed by atoms with Crippen LogP contribution in [0, 0.1) is 0 Å². The lowest BCUT2D eigenvalue weighted by Crippen LogP contribution is -2.14. The summed E-state index contributed by atoms with van der Waals surface area (Å²) in [6, 6.07) is 11.6. The number of hydrogen-bond acceptors (Lipinski definition) is 6. The molecule has 136 valence electrons. The Bertz CT molecular complexity index is 1090. The van der Waals surface area contributed by atoms with E-state index < -0.39 is 17.6 Å². The molecule has 2 aromatic heterocycles. The van der Waals surface area contributed by atoms with Crippen molar-refractivity contribution in [3.63, 3.8) is 0 Å². The fourth-order valence-corrected chi connectivity index (χ4v) is 3.14. The van der Waals surface area contributed by atoms with E-state index in [1.165, 1.54) is 23.5 Å². The second-order valence-electron chi connectivity index (χ2n) is 5.39. The zero-order chi connectivity index (χ0) is 19.0. The summed E-state index contributed by atoms with van der Waals surface area (Å²) < 4.78 is 38.7. The van der Waals surface area contributed by atoms with Crippen LogP contribution in [-0.2, 0) is 6.18 Å². The molecular weight excluding hydrogens is 381 g/mol. The molecule has 0 atom stereocenters. The van der Waals surface area contributed by atoms with E-state index in [0.29, 0.717) is 5.13 Å². The van der Waals surface area contributed by atoms with Crippen molar-refractivity contribution in [3.8, 4) is 5.69 Å². The molecule has 2 heterocycles. The van der Waals surface area contributed by atoms with E-state index in [0.717, 1.165) is 27.1 Å². The second-order valence-corrected chi connectivity index (χ2v) is 6.42. The molecule has 7 nitrogen and oxygen atoms in total. The molecule has 0 aliphatic rings. The molecule has 1 N–H and O–H groups in total. The molecule has 11 heteroatoms. The first-order chi connectivity index (χ1) is 12.9. The van der Waals surface area contributed by atoms with Crippen molar-refractivity contribution < 1.29 is 18.0 Å². The number of nitrogens with one attached hydrogen (secondary N) is 1. The summed E-state index contributed by atoms with van der Waals surface area (Å²) in [6.45, 7) is 0. The van der Waals surface area contributed by atoms with Gasteiger partial charge in [0.05, 0.1) is 21.5 Å². The van der Waals surface area contributed by atoms with Crippen LogP contribution in [0.3, 0.4) is 0 Å².